The summed E-state index contributed by atoms with van der Waals surface area (Å²) in [4.78, 5) is 31.5. The number of halogens is 3. The van der Waals surface area contributed by atoms with Crippen molar-refractivity contribution in [2.24, 2.45) is 4.99 Å². The van der Waals surface area contributed by atoms with Crippen LogP contribution in [0.15, 0.2) is 53.5 Å². The lowest BCUT2D eigenvalue weighted by Gasteiger charge is -2.22. The highest BCUT2D eigenvalue weighted by Crippen LogP contribution is 2.31. The maximum atomic E-state index is 13.1. The molecule has 0 fully saturated rings. The number of nitrogens with zero attached hydrogens (tertiary/aromatic N) is 2. The number of rotatable bonds is 7. The van der Waals surface area contributed by atoms with Gasteiger partial charge < -0.3 is 10.2 Å². The van der Waals surface area contributed by atoms with E-state index in [4.69, 9.17) is 0 Å². The molecule has 2 atom stereocenters. The second-order valence-corrected chi connectivity index (χ2v) is 9.91. The summed E-state index contributed by atoms with van der Waals surface area (Å²) in [7, 11) is -2.21. The topological polar surface area (TPSA) is 108 Å². The number of amides is 2. The highest BCUT2D eigenvalue weighted by Gasteiger charge is 2.33. The minimum Gasteiger partial charge on any atom is -0.325 e. The summed E-state index contributed by atoms with van der Waals surface area (Å²) in [5.74, 6) is -1.55. The van der Waals surface area contributed by atoms with Gasteiger partial charge in [0.1, 0.15) is 0 Å². The lowest BCUT2D eigenvalue weighted by molar-refractivity contribution is -0.137. The number of alkyl halides is 3. The van der Waals surface area contributed by atoms with Gasteiger partial charge in [0.2, 0.25) is 22.1 Å². The molecule has 2 unspecified atom stereocenters. The van der Waals surface area contributed by atoms with Gasteiger partial charge in [-0.1, -0.05) is 37.3 Å². The van der Waals surface area contributed by atoms with Gasteiger partial charge in [0, 0.05) is 18.2 Å². The van der Waals surface area contributed by atoms with Crippen LogP contribution in [0.25, 0.3) is 0 Å². The standard InChI is InChI=1S/C23H25F3N4O4S/c1-4-13-35(33,34)29-14(2)21(31)28-20-22(32)30(3)18-8-6-5-7-17(18)19(27-20)15-9-11-16(12-10-15)23(24,25)26/h5-12,14,20,29H,4,13H2,1-3H3,(H,28,31). The number of carbonyl (C=O) groups excluding carboxylic acids is 2. The van der Waals surface area contributed by atoms with E-state index in [0.29, 0.717) is 23.2 Å². The van der Waals surface area contributed by atoms with E-state index >= 15 is 0 Å². The maximum absolute atomic E-state index is 13.1. The Morgan fingerprint density at radius 1 is 1.14 bits per heavy atom. The van der Waals surface area contributed by atoms with E-state index in [1.807, 2.05) is 0 Å². The van der Waals surface area contributed by atoms with Gasteiger partial charge in [0.05, 0.1) is 28.8 Å². The van der Waals surface area contributed by atoms with Crippen LogP contribution >= 0.6 is 0 Å². The highest BCUT2D eigenvalue weighted by molar-refractivity contribution is 7.89. The normalized spacial score (nSPS) is 17.3. The third-order valence-corrected chi connectivity index (χ3v) is 6.99. The molecule has 8 nitrogen and oxygen atoms in total. The molecule has 0 saturated carbocycles. The lowest BCUT2D eigenvalue weighted by atomic mass is 9.99. The molecule has 1 aliphatic rings. The Kier molecular flexibility index (Phi) is 7.65. The average molecular weight is 511 g/mol. The summed E-state index contributed by atoms with van der Waals surface area (Å²) >= 11 is 0. The monoisotopic (exact) mass is 510 g/mol. The van der Waals surface area contributed by atoms with Crippen molar-refractivity contribution in [1.82, 2.24) is 10.0 Å². The largest absolute Gasteiger partial charge is 0.416 e. The van der Waals surface area contributed by atoms with Crippen molar-refractivity contribution in [2.75, 3.05) is 17.7 Å². The molecule has 2 aromatic rings. The Hall–Kier alpha value is -3.25. The summed E-state index contributed by atoms with van der Waals surface area (Å²) in [6.45, 7) is 3.02. The van der Waals surface area contributed by atoms with E-state index in [0.717, 1.165) is 12.1 Å². The van der Waals surface area contributed by atoms with Gasteiger partial charge in [0.15, 0.2) is 0 Å². The van der Waals surface area contributed by atoms with Crippen molar-refractivity contribution in [3.05, 3.63) is 65.2 Å². The third-order valence-electron chi connectivity index (χ3n) is 5.33. The van der Waals surface area contributed by atoms with Gasteiger partial charge in [-0.15, -0.1) is 0 Å². The van der Waals surface area contributed by atoms with Gasteiger partial charge >= 0.3 is 6.18 Å². The molecule has 2 N–H and O–H groups in total. The van der Waals surface area contributed by atoms with Gasteiger partial charge in [-0.25, -0.2) is 18.1 Å². The van der Waals surface area contributed by atoms with E-state index < -0.39 is 45.8 Å². The number of benzene rings is 2. The summed E-state index contributed by atoms with van der Waals surface area (Å²) in [5.41, 5.74) is 0.608. The Bertz CT molecular complexity index is 1240. The number of benzodiazepines with no additional fused rings is 1. The van der Waals surface area contributed by atoms with Crippen molar-refractivity contribution in [1.29, 1.82) is 0 Å². The van der Waals surface area contributed by atoms with Crippen LogP contribution in [0.4, 0.5) is 18.9 Å². The first-order chi connectivity index (χ1) is 16.3. The van der Waals surface area contributed by atoms with E-state index in [2.05, 4.69) is 15.0 Å². The average Bonchev–Trinajstić information content (AvgIpc) is 2.89. The Morgan fingerprint density at radius 2 is 1.77 bits per heavy atom. The molecule has 1 aliphatic heterocycles. The first-order valence-electron chi connectivity index (χ1n) is 10.8. The van der Waals surface area contributed by atoms with Crippen LogP contribution in [0.3, 0.4) is 0 Å². The number of anilines is 1. The molecule has 0 bridgehead atoms. The van der Waals surface area contributed by atoms with Crippen LogP contribution in [0.5, 0.6) is 0 Å². The summed E-state index contributed by atoms with van der Waals surface area (Å²) in [6.07, 6.45) is -5.60. The van der Waals surface area contributed by atoms with Crippen molar-refractivity contribution < 1.29 is 31.2 Å². The molecule has 188 valence electrons. The number of para-hydroxylation sites is 1. The van der Waals surface area contributed by atoms with Crippen molar-refractivity contribution in [3.63, 3.8) is 0 Å². The first-order valence-corrected chi connectivity index (χ1v) is 12.4. The number of hydrogen-bond acceptors (Lipinski definition) is 5. The van der Waals surface area contributed by atoms with Crippen LogP contribution in [0.1, 0.15) is 37.0 Å². The molecule has 3 rings (SSSR count). The highest BCUT2D eigenvalue weighted by atomic mass is 32.2. The van der Waals surface area contributed by atoms with Gasteiger partial charge in [-0.2, -0.15) is 13.2 Å². The predicted molar refractivity (Wildman–Crippen MR) is 126 cm³/mol. The minimum atomic E-state index is -4.52. The van der Waals surface area contributed by atoms with Gasteiger partial charge in [0.25, 0.3) is 5.91 Å². The summed E-state index contributed by atoms with van der Waals surface area (Å²) < 4.78 is 65.4. The number of sulfonamides is 1. The number of aliphatic imine (C=N–C) groups is 1. The summed E-state index contributed by atoms with van der Waals surface area (Å²) in [5, 5.41) is 2.45. The maximum Gasteiger partial charge on any atom is 0.416 e. The van der Waals surface area contributed by atoms with Crippen LogP contribution in [-0.4, -0.2) is 51.0 Å². The molecule has 12 heteroatoms. The molecule has 2 amide bonds. The predicted octanol–water partition coefficient (Wildman–Crippen LogP) is 2.68. The lowest BCUT2D eigenvalue weighted by Crippen LogP contribution is -2.52. The molecule has 0 saturated heterocycles. The van der Waals surface area contributed by atoms with Crippen LogP contribution < -0.4 is 14.9 Å². The molecule has 0 radical (unpaired) electrons. The Labute approximate surface area is 201 Å². The van der Waals surface area contributed by atoms with Crippen molar-refractivity contribution in [2.45, 2.75) is 38.7 Å². The zero-order chi connectivity index (χ0) is 26.0. The van der Waals surface area contributed by atoms with E-state index in [-0.39, 0.29) is 11.5 Å². The fourth-order valence-corrected chi connectivity index (χ4v) is 4.87. The van der Waals surface area contributed by atoms with E-state index in [9.17, 15) is 31.2 Å². The first kappa shape index (κ1) is 26.4. The van der Waals surface area contributed by atoms with Crippen LogP contribution in [0.2, 0.25) is 0 Å². The Balaban J connectivity index is 1.99. The number of carbonyl (C=O) groups is 2. The van der Waals surface area contributed by atoms with Crippen molar-refractivity contribution in [3.8, 4) is 0 Å². The SMILES string of the molecule is CCCS(=O)(=O)NC(C)C(=O)NC1N=C(c2ccc(C(F)(F)F)cc2)c2ccccc2N(C)C1=O. The Morgan fingerprint density at radius 3 is 2.37 bits per heavy atom. The molecular weight excluding hydrogens is 485 g/mol. The second-order valence-electron chi connectivity index (χ2n) is 8.04. The number of nitrogens with one attached hydrogen (secondary N) is 2. The van der Waals surface area contributed by atoms with E-state index in [1.165, 1.54) is 31.0 Å². The number of hydrogen-bond donors (Lipinski definition) is 2. The fourth-order valence-electron chi connectivity index (χ4n) is 3.57. The molecule has 35 heavy (non-hydrogen) atoms. The minimum absolute atomic E-state index is 0.165. The number of likely N-dealkylation sites (N-methyl/N-ethyl adjacent to an activating group) is 1. The molecule has 0 spiro atoms. The molecule has 2 aromatic carbocycles. The molecule has 0 aromatic heterocycles. The van der Waals surface area contributed by atoms with E-state index in [1.54, 1.807) is 31.2 Å². The van der Waals surface area contributed by atoms with Crippen molar-refractivity contribution >= 4 is 33.2 Å². The number of fused-ring (bicyclic) bond motifs is 1. The smallest absolute Gasteiger partial charge is 0.325 e. The van der Waals surface area contributed by atoms with Crippen LogP contribution in [-0.2, 0) is 25.8 Å². The second kappa shape index (κ2) is 10.2. The zero-order valence-corrected chi connectivity index (χ0v) is 20.1. The fraction of sp³-hybridized carbons (Fsp3) is 0.348. The zero-order valence-electron chi connectivity index (χ0n) is 19.3. The summed E-state index contributed by atoms with van der Waals surface area (Å²) in [6, 6.07) is 9.84. The molecule has 1 heterocycles. The third kappa shape index (κ3) is 6.06. The van der Waals surface area contributed by atoms with Gasteiger partial charge in [-0.3, -0.25) is 9.59 Å². The quantitative estimate of drug-likeness (QED) is 0.597. The molecular formula is C23H25F3N4O4S. The van der Waals surface area contributed by atoms with Crippen LogP contribution in [0, 0.1) is 0 Å². The van der Waals surface area contributed by atoms with Gasteiger partial charge in [-0.05, 0) is 31.5 Å². The molecule has 0 aliphatic carbocycles.